The summed E-state index contributed by atoms with van der Waals surface area (Å²) >= 11 is 3.33. The molecule has 0 radical (unpaired) electrons. The largest absolute Gasteiger partial charge is 0.352 e. The van der Waals surface area contributed by atoms with Crippen LogP contribution in [0.2, 0.25) is 0 Å². The second-order valence-corrected chi connectivity index (χ2v) is 9.42. The highest BCUT2D eigenvalue weighted by Gasteiger charge is 2.40. The van der Waals surface area contributed by atoms with E-state index in [-0.39, 0.29) is 18.5 Å². The van der Waals surface area contributed by atoms with E-state index in [1.165, 1.54) is 19.3 Å². The van der Waals surface area contributed by atoms with Crippen molar-refractivity contribution in [2.24, 2.45) is 11.8 Å². The van der Waals surface area contributed by atoms with Crippen LogP contribution in [0.3, 0.4) is 0 Å². The van der Waals surface area contributed by atoms with Gasteiger partial charge in [0.25, 0.3) is 0 Å². The second-order valence-electron chi connectivity index (χ2n) is 6.59. The van der Waals surface area contributed by atoms with Crippen molar-refractivity contribution >= 4 is 37.5 Å². The lowest BCUT2D eigenvalue weighted by Crippen LogP contribution is -2.45. The molecule has 2 bridgehead atoms. The number of nitrogens with one attached hydrogen (secondary N) is 1. The number of sulfonamides is 1. The van der Waals surface area contributed by atoms with Crippen molar-refractivity contribution in [2.45, 2.75) is 31.7 Å². The number of hydrogen-bond donors (Lipinski definition) is 1. The summed E-state index contributed by atoms with van der Waals surface area (Å²) in [7, 11) is -3.51. The molecule has 1 amide bonds. The van der Waals surface area contributed by atoms with E-state index in [9.17, 15) is 13.2 Å². The van der Waals surface area contributed by atoms with E-state index in [0.717, 1.165) is 27.4 Å². The van der Waals surface area contributed by atoms with Crippen LogP contribution in [0.25, 0.3) is 0 Å². The predicted octanol–water partition coefficient (Wildman–Crippen LogP) is 2.52. The molecule has 5 nitrogen and oxygen atoms in total. The topological polar surface area (TPSA) is 66.5 Å². The summed E-state index contributed by atoms with van der Waals surface area (Å²) in [5, 5.41) is 3.04. The van der Waals surface area contributed by atoms with Crippen LogP contribution >= 0.6 is 15.9 Å². The van der Waals surface area contributed by atoms with Crippen molar-refractivity contribution < 1.29 is 13.2 Å². The zero-order chi connectivity index (χ0) is 16.6. The van der Waals surface area contributed by atoms with Crippen molar-refractivity contribution in [3.8, 4) is 0 Å². The van der Waals surface area contributed by atoms with Gasteiger partial charge in [0.2, 0.25) is 15.9 Å². The highest BCUT2D eigenvalue weighted by molar-refractivity contribution is 9.10. The molecule has 0 saturated heterocycles. The first-order valence-corrected chi connectivity index (χ1v) is 10.5. The van der Waals surface area contributed by atoms with Crippen LogP contribution < -0.4 is 9.62 Å². The standard InChI is InChI=1S/C16H21BrN2O3S/c1-23(21,22)19(14-6-4-13(17)5-7-14)10-16(20)18-15-9-11-2-3-12(15)8-11/h4-7,11-12,15H,2-3,8-10H2,1H3,(H,18,20)/t11-,12-,15-/m1/s1. The first-order valence-electron chi connectivity index (χ1n) is 7.85. The molecule has 1 aromatic carbocycles. The van der Waals surface area contributed by atoms with Crippen LogP contribution in [-0.2, 0) is 14.8 Å². The molecule has 2 aliphatic rings. The van der Waals surface area contributed by atoms with E-state index in [4.69, 9.17) is 0 Å². The lowest BCUT2D eigenvalue weighted by atomic mass is 9.95. The first kappa shape index (κ1) is 16.8. The number of anilines is 1. The Labute approximate surface area is 145 Å². The second kappa shape index (κ2) is 6.43. The van der Waals surface area contributed by atoms with Gasteiger partial charge in [-0.2, -0.15) is 0 Å². The lowest BCUT2D eigenvalue weighted by Gasteiger charge is -2.26. The minimum absolute atomic E-state index is 0.172. The van der Waals surface area contributed by atoms with Crippen LogP contribution in [0.1, 0.15) is 25.7 Å². The number of hydrogen-bond acceptors (Lipinski definition) is 3. The fourth-order valence-corrected chi connectivity index (χ4v) is 4.93. The molecule has 7 heteroatoms. The van der Waals surface area contributed by atoms with E-state index in [0.29, 0.717) is 11.6 Å². The molecule has 1 aromatic rings. The monoisotopic (exact) mass is 400 g/mol. The number of fused-ring (bicyclic) bond motifs is 2. The van der Waals surface area contributed by atoms with Gasteiger partial charge in [0, 0.05) is 10.5 Å². The van der Waals surface area contributed by atoms with E-state index in [1.54, 1.807) is 24.3 Å². The van der Waals surface area contributed by atoms with E-state index < -0.39 is 10.0 Å². The number of amides is 1. The number of halogens is 1. The maximum Gasteiger partial charge on any atom is 0.241 e. The minimum atomic E-state index is -3.51. The van der Waals surface area contributed by atoms with Crippen LogP contribution in [-0.4, -0.2) is 33.2 Å². The van der Waals surface area contributed by atoms with E-state index >= 15 is 0 Å². The number of carbonyl (C=O) groups excluding carboxylic acids is 1. The van der Waals surface area contributed by atoms with Gasteiger partial charge >= 0.3 is 0 Å². The highest BCUT2D eigenvalue weighted by atomic mass is 79.9. The number of nitrogens with zero attached hydrogens (tertiary/aromatic N) is 1. The summed E-state index contributed by atoms with van der Waals surface area (Å²) in [6.07, 6.45) is 5.81. The van der Waals surface area contributed by atoms with Crippen molar-refractivity contribution in [3.05, 3.63) is 28.7 Å². The Kier molecular flexibility index (Phi) is 4.69. The zero-order valence-electron chi connectivity index (χ0n) is 13.0. The third-order valence-corrected chi connectivity index (χ3v) is 6.56. The Bertz CT molecular complexity index is 690. The molecule has 3 rings (SSSR count). The summed E-state index contributed by atoms with van der Waals surface area (Å²) in [5.74, 6) is 1.09. The van der Waals surface area contributed by atoms with Crippen LogP contribution in [0, 0.1) is 11.8 Å². The number of benzene rings is 1. The quantitative estimate of drug-likeness (QED) is 0.825. The maximum absolute atomic E-state index is 12.3. The Hall–Kier alpha value is -1.08. The van der Waals surface area contributed by atoms with Crippen LogP contribution in [0.5, 0.6) is 0 Å². The molecule has 2 aliphatic carbocycles. The molecule has 126 valence electrons. The molecule has 0 spiro atoms. The SMILES string of the molecule is CS(=O)(=O)N(CC(=O)N[C@@H]1C[C@@H]2CC[C@@H]1C2)c1ccc(Br)cc1. The lowest BCUT2D eigenvalue weighted by molar-refractivity contribution is -0.120. The van der Waals surface area contributed by atoms with Gasteiger partial charge in [-0.1, -0.05) is 22.4 Å². The molecule has 3 atom stereocenters. The summed E-state index contributed by atoms with van der Waals surface area (Å²) in [6, 6.07) is 7.13. The molecule has 0 heterocycles. The van der Waals surface area contributed by atoms with Gasteiger partial charge in [0.15, 0.2) is 0 Å². The molecule has 1 N–H and O–H groups in total. The molecule has 2 saturated carbocycles. The molecular weight excluding hydrogens is 380 g/mol. The predicted molar refractivity (Wildman–Crippen MR) is 93.7 cm³/mol. The summed E-state index contributed by atoms with van der Waals surface area (Å²) in [4.78, 5) is 12.3. The van der Waals surface area contributed by atoms with Crippen LogP contribution in [0.4, 0.5) is 5.69 Å². The summed E-state index contributed by atoms with van der Waals surface area (Å²) in [5.41, 5.74) is 0.499. The fourth-order valence-electron chi connectivity index (χ4n) is 3.81. The van der Waals surface area contributed by atoms with Gasteiger partial charge in [0.1, 0.15) is 6.54 Å². The summed E-state index contributed by atoms with van der Waals surface area (Å²) in [6.45, 7) is -0.172. The van der Waals surface area contributed by atoms with Gasteiger partial charge in [-0.05, 0) is 55.4 Å². The molecule has 0 unspecified atom stereocenters. The van der Waals surface area contributed by atoms with Gasteiger partial charge in [0.05, 0.1) is 11.9 Å². The molecule has 0 aliphatic heterocycles. The van der Waals surface area contributed by atoms with Gasteiger partial charge in [-0.3, -0.25) is 9.10 Å². The maximum atomic E-state index is 12.3. The Balaban J connectivity index is 1.69. The molecule has 2 fully saturated rings. The molecular formula is C16H21BrN2O3S. The minimum Gasteiger partial charge on any atom is -0.352 e. The van der Waals surface area contributed by atoms with Crippen molar-refractivity contribution in [3.63, 3.8) is 0 Å². The molecule has 0 aromatic heterocycles. The van der Waals surface area contributed by atoms with E-state index in [2.05, 4.69) is 21.2 Å². The van der Waals surface area contributed by atoms with Crippen LogP contribution in [0.15, 0.2) is 28.7 Å². The summed E-state index contributed by atoms with van der Waals surface area (Å²) < 4.78 is 26.1. The first-order chi connectivity index (χ1) is 10.8. The Morgan fingerprint density at radius 2 is 1.96 bits per heavy atom. The normalized spacial score (nSPS) is 26.3. The smallest absolute Gasteiger partial charge is 0.241 e. The van der Waals surface area contributed by atoms with Crippen molar-refractivity contribution in [1.82, 2.24) is 5.32 Å². The van der Waals surface area contributed by atoms with Gasteiger partial charge in [-0.15, -0.1) is 0 Å². The number of rotatable bonds is 5. The zero-order valence-corrected chi connectivity index (χ0v) is 15.4. The average Bonchev–Trinajstić information content (AvgIpc) is 3.07. The number of carbonyl (C=O) groups is 1. The van der Waals surface area contributed by atoms with Gasteiger partial charge in [-0.25, -0.2) is 8.42 Å². The van der Waals surface area contributed by atoms with Crippen molar-refractivity contribution in [2.75, 3.05) is 17.1 Å². The van der Waals surface area contributed by atoms with Crippen molar-refractivity contribution in [1.29, 1.82) is 0 Å². The third kappa shape index (κ3) is 3.88. The molecule has 23 heavy (non-hydrogen) atoms. The Morgan fingerprint density at radius 1 is 1.26 bits per heavy atom. The average molecular weight is 401 g/mol. The van der Waals surface area contributed by atoms with E-state index in [1.807, 2.05) is 0 Å². The van der Waals surface area contributed by atoms with Gasteiger partial charge < -0.3 is 5.32 Å². The third-order valence-electron chi connectivity index (χ3n) is 4.89. The highest BCUT2D eigenvalue weighted by Crippen LogP contribution is 2.44. The Morgan fingerprint density at radius 3 is 2.48 bits per heavy atom. The fraction of sp³-hybridized carbons (Fsp3) is 0.562.